The van der Waals surface area contributed by atoms with Crippen LogP contribution in [0.5, 0.6) is 0 Å². The number of amides is 1. The molecular weight excluding hydrogens is 332 g/mol. The lowest BCUT2D eigenvalue weighted by atomic mass is 10.1. The zero-order valence-electron chi connectivity index (χ0n) is 15.0. The van der Waals surface area contributed by atoms with Crippen LogP contribution in [0.4, 0.5) is 5.95 Å². The topological polar surface area (TPSA) is 87.1 Å². The van der Waals surface area contributed by atoms with E-state index in [-0.39, 0.29) is 17.4 Å². The summed E-state index contributed by atoms with van der Waals surface area (Å²) in [5, 5.41) is 4.18. The fraction of sp³-hybridized carbons (Fsp3) is 0.556. The second-order valence-corrected chi connectivity index (χ2v) is 6.96. The third-order valence-electron chi connectivity index (χ3n) is 5.28. The average molecular weight is 356 g/mol. The molecule has 0 aliphatic carbocycles. The van der Waals surface area contributed by atoms with Gasteiger partial charge in [-0.05, 0) is 32.3 Å². The lowest BCUT2D eigenvalue weighted by molar-refractivity contribution is 0.0778. The Hall–Kier alpha value is -2.64. The molecule has 2 aromatic heterocycles. The van der Waals surface area contributed by atoms with Crippen molar-refractivity contribution < 1.29 is 4.79 Å². The number of hydrogen-bond acceptors (Lipinski definition) is 5. The van der Waals surface area contributed by atoms with Crippen LogP contribution in [0.25, 0.3) is 0 Å². The van der Waals surface area contributed by atoms with E-state index in [1.165, 1.54) is 0 Å². The van der Waals surface area contributed by atoms with Gasteiger partial charge in [0.2, 0.25) is 5.95 Å². The van der Waals surface area contributed by atoms with E-state index in [0.717, 1.165) is 38.0 Å². The highest BCUT2D eigenvalue weighted by atomic mass is 16.2. The van der Waals surface area contributed by atoms with E-state index >= 15 is 0 Å². The molecule has 138 valence electrons. The van der Waals surface area contributed by atoms with E-state index in [9.17, 15) is 9.59 Å². The summed E-state index contributed by atoms with van der Waals surface area (Å²) in [6.07, 6.45) is 4.74. The highest BCUT2D eigenvalue weighted by Crippen LogP contribution is 2.27. The first-order chi connectivity index (χ1) is 12.7. The highest BCUT2D eigenvalue weighted by molar-refractivity contribution is 5.92. The molecule has 1 atom stereocenters. The molecule has 2 aromatic rings. The van der Waals surface area contributed by atoms with Crippen molar-refractivity contribution in [3.63, 3.8) is 0 Å². The monoisotopic (exact) mass is 356 g/mol. The fourth-order valence-electron chi connectivity index (χ4n) is 3.87. The minimum atomic E-state index is -0.120. The Bertz CT molecular complexity index is 851. The molecule has 0 spiro atoms. The van der Waals surface area contributed by atoms with Crippen molar-refractivity contribution in [2.24, 2.45) is 0 Å². The average Bonchev–Trinajstić information content (AvgIpc) is 3.41. The van der Waals surface area contributed by atoms with Gasteiger partial charge in [0.05, 0.1) is 5.69 Å². The number of carbonyl (C=O) groups excluding carboxylic acids is 1. The molecule has 2 fully saturated rings. The summed E-state index contributed by atoms with van der Waals surface area (Å²) in [6, 6.07) is 3.34. The van der Waals surface area contributed by atoms with E-state index in [2.05, 4.69) is 15.0 Å². The van der Waals surface area contributed by atoms with Gasteiger partial charge in [-0.1, -0.05) is 0 Å². The Morgan fingerprint density at radius 3 is 2.88 bits per heavy atom. The van der Waals surface area contributed by atoms with Crippen molar-refractivity contribution in [3.05, 3.63) is 40.1 Å². The molecule has 0 saturated carbocycles. The molecule has 2 aliphatic rings. The predicted octanol–water partition coefficient (Wildman–Crippen LogP) is 1.22. The van der Waals surface area contributed by atoms with Crippen LogP contribution < -0.4 is 10.5 Å². The maximum Gasteiger partial charge on any atom is 0.272 e. The quantitative estimate of drug-likeness (QED) is 0.890. The Labute approximate surface area is 151 Å². The molecule has 1 unspecified atom stereocenters. The smallest absolute Gasteiger partial charge is 0.272 e. The number of anilines is 1. The third-order valence-corrected chi connectivity index (χ3v) is 5.28. The summed E-state index contributed by atoms with van der Waals surface area (Å²) in [7, 11) is 0. The van der Waals surface area contributed by atoms with Gasteiger partial charge >= 0.3 is 0 Å². The van der Waals surface area contributed by atoms with Crippen molar-refractivity contribution in [2.75, 3.05) is 31.1 Å². The number of aromatic nitrogens is 4. The Kier molecular flexibility index (Phi) is 4.48. The molecule has 0 bridgehead atoms. The summed E-state index contributed by atoms with van der Waals surface area (Å²) in [4.78, 5) is 36.4. The van der Waals surface area contributed by atoms with Gasteiger partial charge in [-0.3, -0.25) is 19.3 Å². The Balaban J connectivity index is 1.52. The number of aromatic amines is 1. The number of nitrogens with one attached hydrogen (secondary N) is 1. The first-order valence-corrected chi connectivity index (χ1v) is 9.33. The molecule has 2 aliphatic heterocycles. The largest absolute Gasteiger partial charge is 0.342 e. The zero-order valence-corrected chi connectivity index (χ0v) is 15.0. The van der Waals surface area contributed by atoms with Gasteiger partial charge in [0.25, 0.3) is 11.5 Å². The first kappa shape index (κ1) is 16.8. The normalized spacial score (nSPS) is 20.1. The second kappa shape index (κ2) is 6.93. The van der Waals surface area contributed by atoms with Gasteiger partial charge in [0.15, 0.2) is 0 Å². The van der Waals surface area contributed by atoms with Gasteiger partial charge in [-0.25, -0.2) is 4.98 Å². The maximum absolute atomic E-state index is 12.8. The second-order valence-electron chi connectivity index (χ2n) is 6.96. The number of likely N-dealkylation sites (tertiary alicyclic amines) is 1. The van der Waals surface area contributed by atoms with Crippen LogP contribution >= 0.6 is 0 Å². The standard InChI is InChI=1S/C18H24N6O2/c1-2-24-15(5-7-19-24)17(26)23-10-6-13(12-23)14-11-16(25)21-18(20-14)22-8-3-4-9-22/h5,7,11,13H,2-4,6,8-10,12H2,1H3,(H,20,21,25). The molecule has 0 radical (unpaired) electrons. The molecule has 2 saturated heterocycles. The van der Waals surface area contributed by atoms with Gasteiger partial charge in [-0.2, -0.15) is 5.10 Å². The van der Waals surface area contributed by atoms with Gasteiger partial charge in [0.1, 0.15) is 5.69 Å². The molecule has 26 heavy (non-hydrogen) atoms. The minimum Gasteiger partial charge on any atom is -0.342 e. The number of hydrogen-bond donors (Lipinski definition) is 1. The maximum atomic E-state index is 12.8. The summed E-state index contributed by atoms with van der Waals surface area (Å²) in [5.41, 5.74) is 1.28. The molecule has 1 N–H and O–H groups in total. The number of aryl methyl sites for hydroxylation is 1. The van der Waals surface area contributed by atoms with Crippen LogP contribution in [-0.4, -0.2) is 56.7 Å². The van der Waals surface area contributed by atoms with Crippen LogP contribution in [-0.2, 0) is 6.54 Å². The number of H-pyrrole nitrogens is 1. The molecule has 1 amide bonds. The van der Waals surface area contributed by atoms with Crippen LogP contribution in [0.1, 0.15) is 48.3 Å². The molecule has 8 nitrogen and oxygen atoms in total. The van der Waals surface area contributed by atoms with E-state index < -0.39 is 0 Å². The summed E-state index contributed by atoms with van der Waals surface area (Å²) >= 11 is 0. The molecule has 4 heterocycles. The van der Waals surface area contributed by atoms with E-state index in [1.807, 2.05) is 11.8 Å². The first-order valence-electron chi connectivity index (χ1n) is 9.33. The van der Waals surface area contributed by atoms with E-state index in [4.69, 9.17) is 4.98 Å². The zero-order chi connectivity index (χ0) is 18.1. The highest BCUT2D eigenvalue weighted by Gasteiger charge is 2.31. The van der Waals surface area contributed by atoms with Crippen molar-refractivity contribution >= 4 is 11.9 Å². The predicted molar refractivity (Wildman–Crippen MR) is 97.5 cm³/mol. The van der Waals surface area contributed by atoms with Gasteiger partial charge in [-0.15, -0.1) is 0 Å². The van der Waals surface area contributed by atoms with Crippen LogP contribution in [0, 0.1) is 0 Å². The molecule has 4 rings (SSSR count). The number of carbonyl (C=O) groups is 1. The van der Waals surface area contributed by atoms with Crippen molar-refractivity contribution in [1.29, 1.82) is 0 Å². The summed E-state index contributed by atoms with van der Waals surface area (Å²) < 4.78 is 1.71. The Morgan fingerprint density at radius 2 is 2.12 bits per heavy atom. The summed E-state index contributed by atoms with van der Waals surface area (Å²) in [6.45, 7) is 5.76. The third kappa shape index (κ3) is 3.11. The fourth-order valence-corrected chi connectivity index (χ4v) is 3.87. The van der Waals surface area contributed by atoms with Crippen LogP contribution in [0.3, 0.4) is 0 Å². The van der Waals surface area contributed by atoms with Crippen molar-refractivity contribution in [3.8, 4) is 0 Å². The lowest BCUT2D eigenvalue weighted by Gasteiger charge is -2.19. The molecule has 0 aromatic carbocycles. The van der Waals surface area contributed by atoms with E-state index in [0.29, 0.717) is 31.3 Å². The van der Waals surface area contributed by atoms with Crippen LogP contribution in [0.2, 0.25) is 0 Å². The van der Waals surface area contributed by atoms with Crippen molar-refractivity contribution in [2.45, 2.75) is 38.6 Å². The SMILES string of the molecule is CCn1nccc1C(=O)N1CCC(c2cc(=O)[nH]c(N3CCCC3)n2)C1. The molecular formula is C18H24N6O2. The Morgan fingerprint density at radius 1 is 1.31 bits per heavy atom. The molecule has 8 heteroatoms. The van der Waals surface area contributed by atoms with Crippen LogP contribution in [0.15, 0.2) is 23.1 Å². The summed E-state index contributed by atoms with van der Waals surface area (Å²) in [5.74, 6) is 0.760. The minimum absolute atomic E-state index is 0.00328. The number of rotatable bonds is 4. The number of nitrogens with zero attached hydrogens (tertiary/aromatic N) is 5. The van der Waals surface area contributed by atoms with E-state index in [1.54, 1.807) is 23.0 Å². The van der Waals surface area contributed by atoms with Gasteiger partial charge < -0.3 is 9.80 Å². The lowest BCUT2D eigenvalue weighted by Crippen LogP contribution is -2.31. The van der Waals surface area contributed by atoms with Crippen molar-refractivity contribution in [1.82, 2.24) is 24.6 Å². The van der Waals surface area contributed by atoms with Gasteiger partial charge in [0, 0.05) is 50.9 Å².